The van der Waals surface area contributed by atoms with Crippen LogP contribution in [0.25, 0.3) is 0 Å². The number of benzene rings is 1. The van der Waals surface area contributed by atoms with Crippen LogP contribution in [0, 0.1) is 17.8 Å². The first kappa shape index (κ1) is 20.1. The average molecular weight is 392 g/mol. The Kier molecular flexibility index (Phi) is 6.71. The fraction of sp³-hybridized carbons (Fsp3) is 0.571. The summed E-state index contributed by atoms with van der Waals surface area (Å²) in [6, 6.07) is 9.33. The van der Waals surface area contributed by atoms with Crippen molar-refractivity contribution in [1.82, 2.24) is 4.72 Å². The Morgan fingerprint density at radius 2 is 1.89 bits per heavy atom. The van der Waals surface area contributed by atoms with Crippen molar-refractivity contribution in [3.63, 3.8) is 0 Å². The maximum Gasteiger partial charge on any atom is 0.303 e. The molecule has 2 aliphatic carbocycles. The molecule has 148 valence electrons. The highest BCUT2D eigenvalue weighted by Crippen LogP contribution is 2.50. The van der Waals surface area contributed by atoms with E-state index in [1.165, 1.54) is 6.42 Å². The van der Waals surface area contributed by atoms with Crippen LogP contribution < -0.4 is 4.72 Å². The maximum absolute atomic E-state index is 12.7. The molecule has 4 atom stereocenters. The molecule has 0 amide bonds. The van der Waals surface area contributed by atoms with Crippen LogP contribution >= 0.6 is 0 Å². The average Bonchev–Trinajstić information content (AvgIpc) is 3.20. The first-order valence-corrected chi connectivity index (χ1v) is 11.5. The van der Waals surface area contributed by atoms with Crippen LogP contribution in [0.1, 0.15) is 50.5 Å². The van der Waals surface area contributed by atoms with Gasteiger partial charge in [-0.3, -0.25) is 4.79 Å². The number of rotatable bonds is 10. The van der Waals surface area contributed by atoms with Crippen molar-refractivity contribution in [2.45, 2.75) is 56.7 Å². The van der Waals surface area contributed by atoms with Crippen LogP contribution in [-0.4, -0.2) is 25.5 Å². The summed E-state index contributed by atoms with van der Waals surface area (Å²) in [6.45, 7) is 0. The minimum atomic E-state index is -3.36. The van der Waals surface area contributed by atoms with Gasteiger partial charge in [0.15, 0.2) is 0 Å². The van der Waals surface area contributed by atoms with Crippen LogP contribution in [-0.2, 0) is 20.6 Å². The number of hydrogen-bond donors (Lipinski definition) is 2. The minimum absolute atomic E-state index is 0.0273. The van der Waals surface area contributed by atoms with E-state index < -0.39 is 16.0 Å². The van der Waals surface area contributed by atoms with Gasteiger partial charge in [-0.05, 0) is 61.8 Å². The number of hydrogen-bond acceptors (Lipinski definition) is 3. The molecule has 27 heavy (non-hydrogen) atoms. The highest BCUT2D eigenvalue weighted by Gasteiger charge is 2.48. The van der Waals surface area contributed by atoms with E-state index in [9.17, 15) is 13.2 Å². The molecular weight excluding hydrogens is 362 g/mol. The second kappa shape index (κ2) is 9.02. The fourth-order valence-corrected chi connectivity index (χ4v) is 6.21. The molecule has 2 N–H and O–H groups in total. The molecule has 2 saturated carbocycles. The third kappa shape index (κ3) is 5.66. The first-order valence-electron chi connectivity index (χ1n) is 9.85. The Morgan fingerprint density at radius 3 is 2.63 bits per heavy atom. The van der Waals surface area contributed by atoms with Crippen molar-refractivity contribution in [3.8, 4) is 0 Å². The number of nitrogens with one attached hydrogen (secondary N) is 1. The second-order valence-corrected chi connectivity index (χ2v) is 9.63. The van der Waals surface area contributed by atoms with Gasteiger partial charge in [-0.2, -0.15) is 0 Å². The third-order valence-corrected chi connectivity index (χ3v) is 7.28. The van der Waals surface area contributed by atoms with Gasteiger partial charge in [0.25, 0.3) is 0 Å². The normalized spacial score (nSPS) is 27.4. The van der Waals surface area contributed by atoms with E-state index in [0.29, 0.717) is 24.2 Å². The smallest absolute Gasteiger partial charge is 0.303 e. The van der Waals surface area contributed by atoms with E-state index in [2.05, 4.69) is 10.8 Å². The highest BCUT2D eigenvalue weighted by molar-refractivity contribution is 7.88. The largest absolute Gasteiger partial charge is 0.481 e. The van der Waals surface area contributed by atoms with Gasteiger partial charge in [0.2, 0.25) is 10.0 Å². The molecule has 2 fully saturated rings. The highest BCUT2D eigenvalue weighted by atomic mass is 32.2. The summed E-state index contributed by atoms with van der Waals surface area (Å²) >= 11 is 0. The monoisotopic (exact) mass is 391 g/mol. The second-order valence-electron chi connectivity index (χ2n) is 7.88. The van der Waals surface area contributed by atoms with Crippen molar-refractivity contribution in [2.75, 3.05) is 0 Å². The fourth-order valence-electron chi connectivity index (χ4n) is 4.72. The van der Waals surface area contributed by atoms with Gasteiger partial charge in [-0.25, -0.2) is 13.1 Å². The standard InChI is InChI=1S/C21H29NO4S/c23-20(24)11-7-2-1-6-10-19-17-12-13-18(14-17)21(19)22-27(25,26)15-16-8-4-3-5-9-16/h1,3-6,8-9,17-19,21-22H,2,7,10-15H2,(H,23,24)/b6-1-/t17-,18?,19+,21+/m1/s1. The SMILES string of the molecule is O=C(O)CCC/C=C\C[C@H]1[C@@H]2CCC(C2)[C@@H]1NS(=O)(=O)Cc1ccccc1. The molecule has 0 aromatic heterocycles. The predicted octanol–water partition coefficient (Wildman–Crippen LogP) is 3.72. The van der Waals surface area contributed by atoms with Crippen LogP contribution in [0.3, 0.4) is 0 Å². The molecule has 1 aromatic carbocycles. The van der Waals surface area contributed by atoms with Gasteiger partial charge in [-0.15, -0.1) is 0 Å². The Labute approximate surface area is 161 Å². The van der Waals surface area contributed by atoms with Crippen molar-refractivity contribution in [2.24, 2.45) is 17.8 Å². The van der Waals surface area contributed by atoms with Crippen LogP contribution in [0.15, 0.2) is 42.5 Å². The van der Waals surface area contributed by atoms with E-state index in [1.54, 1.807) is 0 Å². The first-order chi connectivity index (χ1) is 12.9. The summed E-state index contributed by atoms with van der Waals surface area (Å²) in [5, 5.41) is 8.67. The Balaban J connectivity index is 1.56. The summed E-state index contributed by atoms with van der Waals surface area (Å²) in [6.07, 6.45) is 10.1. The van der Waals surface area contributed by atoms with E-state index in [4.69, 9.17) is 5.11 Å². The lowest BCUT2D eigenvalue weighted by molar-refractivity contribution is -0.137. The number of carboxylic acids is 1. The number of sulfonamides is 1. The summed E-state index contributed by atoms with van der Waals surface area (Å²) in [5.41, 5.74) is 0.808. The Morgan fingerprint density at radius 1 is 1.15 bits per heavy atom. The number of allylic oxidation sites excluding steroid dienone is 2. The van der Waals surface area contributed by atoms with Crippen LogP contribution in [0.2, 0.25) is 0 Å². The molecule has 0 aliphatic heterocycles. The van der Waals surface area contributed by atoms with Gasteiger partial charge in [0, 0.05) is 12.5 Å². The number of fused-ring (bicyclic) bond motifs is 2. The van der Waals surface area contributed by atoms with E-state index in [0.717, 1.165) is 31.2 Å². The molecule has 2 aliphatic rings. The molecule has 1 aromatic rings. The van der Waals surface area contributed by atoms with Crippen molar-refractivity contribution in [1.29, 1.82) is 0 Å². The Hall–Kier alpha value is -1.66. The zero-order chi connectivity index (χ0) is 19.3. The van der Waals surface area contributed by atoms with Crippen molar-refractivity contribution in [3.05, 3.63) is 48.0 Å². The molecule has 6 heteroatoms. The lowest BCUT2D eigenvalue weighted by Gasteiger charge is -2.31. The minimum Gasteiger partial charge on any atom is -0.481 e. The molecule has 3 rings (SSSR count). The summed E-state index contributed by atoms with van der Waals surface area (Å²) in [4.78, 5) is 10.5. The van der Waals surface area contributed by atoms with E-state index in [-0.39, 0.29) is 18.2 Å². The molecule has 2 bridgehead atoms. The van der Waals surface area contributed by atoms with Gasteiger partial charge >= 0.3 is 5.97 Å². The lowest BCUT2D eigenvalue weighted by atomic mass is 9.83. The zero-order valence-electron chi connectivity index (χ0n) is 15.6. The summed E-state index contributed by atoms with van der Waals surface area (Å²) in [5.74, 6) is 0.669. The van der Waals surface area contributed by atoms with Gasteiger partial charge < -0.3 is 5.11 Å². The molecule has 1 unspecified atom stereocenters. The van der Waals surface area contributed by atoms with Gasteiger partial charge in [0.1, 0.15) is 0 Å². The molecule has 0 heterocycles. The van der Waals surface area contributed by atoms with Crippen molar-refractivity contribution < 1.29 is 18.3 Å². The predicted molar refractivity (Wildman–Crippen MR) is 106 cm³/mol. The lowest BCUT2D eigenvalue weighted by Crippen LogP contribution is -2.44. The van der Waals surface area contributed by atoms with Gasteiger partial charge in [-0.1, -0.05) is 42.5 Å². The Bertz CT molecular complexity index is 760. The number of aliphatic carboxylic acids is 1. The summed E-state index contributed by atoms with van der Waals surface area (Å²) in [7, 11) is -3.36. The molecule has 5 nitrogen and oxygen atoms in total. The molecular formula is C21H29NO4S. The number of unbranched alkanes of at least 4 members (excludes halogenated alkanes) is 1. The van der Waals surface area contributed by atoms with Gasteiger partial charge in [0.05, 0.1) is 5.75 Å². The quantitative estimate of drug-likeness (QED) is 0.470. The molecule has 0 spiro atoms. The topological polar surface area (TPSA) is 83.5 Å². The molecule has 0 saturated heterocycles. The summed E-state index contributed by atoms with van der Waals surface area (Å²) < 4.78 is 28.4. The number of carboxylic acid groups (broad SMARTS) is 1. The van der Waals surface area contributed by atoms with Crippen LogP contribution in [0.5, 0.6) is 0 Å². The van der Waals surface area contributed by atoms with Crippen LogP contribution in [0.4, 0.5) is 0 Å². The molecule has 0 radical (unpaired) electrons. The zero-order valence-corrected chi connectivity index (χ0v) is 16.4. The maximum atomic E-state index is 12.7. The van der Waals surface area contributed by atoms with E-state index in [1.807, 2.05) is 36.4 Å². The van der Waals surface area contributed by atoms with E-state index >= 15 is 0 Å². The third-order valence-electron chi connectivity index (χ3n) is 5.94. The van der Waals surface area contributed by atoms with Crippen molar-refractivity contribution >= 4 is 16.0 Å². The number of carbonyl (C=O) groups is 1.